The van der Waals surface area contributed by atoms with E-state index in [1.54, 1.807) is 0 Å². The van der Waals surface area contributed by atoms with Gasteiger partial charge in [0, 0.05) is 12.5 Å². The smallest absolute Gasteiger partial charge is 0.112 e. The summed E-state index contributed by atoms with van der Waals surface area (Å²) >= 11 is 12.1. The lowest BCUT2D eigenvalue weighted by molar-refractivity contribution is 0.683. The molecule has 0 aliphatic carbocycles. The molecule has 1 heterocycles. The highest BCUT2D eigenvalue weighted by Crippen LogP contribution is 2.26. The summed E-state index contributed by atoms with van der Waals surface area (Å²) in [7, 11) is 0. The van der Waals surface area contributed by atoms with E-state index in [4.69, 9.17) is 28.2 Å². The van der Waals surface area contributed by atoms with Gasteiger partial charge in [-0.3, -0.25) is 0 Å². The quantitative estimate of drug-likeness (QED) is 0.622. The molecule has 0 saturated heterocycles. The first-order valence-electron chi connectivity index (χ1n) is 6.95. The summed E-state index contributed by atoms with van der Waals surface area (Å²) in [6, 6.07) is 14.0. The van der Waals surface area contributed by atoms with E-state index in [0.29, 0.717) is 16.0 Å². The van der Waals surface area contributed by atoms with E-state index in [0.717, 1.165) is 29.0 Å². The van der Waals surface area contributed by atoms with E-state index in [2.05, 4.69) is 24.5 Å². The minimum atomic E-state index is 0.361. The standard InChI is InChI=1S/C17H16Cl2N2/c1-11(2)17-20-15-5-3-4-6-16(15)21(17)10-12-7-8-13(18)14(19)9-12/h3-9,11H,10H2,1-2H3. The Labute approximate surface area is 134 Å². The van der Waals surface area contributed by atoms with Crippen LogP contribution in [0.3, 0.4) is 0 Å². The molecule has 1 aromatic heterocycles. The van der Waals surface area contributed by atoms with E-state index in [-0.39, 0.29) is 0 Å². The number of rotatable bonds is 3. The zero-order valence-corrected chi connectivity index (χ0v) is 13.5. The molecule has 0 aliphatic rings. The first kappa shape index (κ1) is 14.4. The summed E-state index contributed by atoms with van der Waals surface area (Å²) in [6.07, 6.45) is 0. The zero-order chi connectivity index (χ0) is 15.0. The molecule has 0 N–H and O–H groups in total. The molecule has 2 nitrogen and oxygen atoms in total. The van der Waals surface area contributed by atoms with Crippen LogP contribution in [0.5, 0.6) is 0 Å². The molecule has 0 fully saturated rings. The Morgan fingerprint density at radius 1 is 1.05 bits per heavy atom. The van der Waals surface area contributed by atoms with Crippen molar-refractivity contribution in [2.75, 3.05) is 0 Å². The molecule has 2 aromatic carbocycles. The summed E-state index contributed by atoms with van der Waals surface area (Å²) in [6.45, 7) is 5.06. The van der Waals surface area contributed by atoms with Crippen molar-refractivity contribution >= 4 is 34.2 Å². The van der Waals surface area contributed by atoms with Crippen LogP contribution < -0.4 is 0 Å². The van der Waals surface area contributed by atoms with E-state index >= 15 is 0 Å². The fourth-order valence-corrected chi connectivity index (χ4v) is 2.84. The Bertz CT molecular complexity index is 791. The average molecular weight is 319 g/mol. The highest BCUT2D eigenvalue weighted by Gasteiger charge is 2.13. The molecule has 0 amide bonds. The molecular weight excluding hydrogens is 303 g/mol. The number of para-hydroxylation sites is 2. The highest BCUT2D eigenvalue weighted by molar-refractivity contribution is 6.42. The Kier molecular flexibility index (Phi) is 3.92. The molecule has 0 radical (unpaired) electrons. The van der Waals surface area contributed by atoms with Gasteiger partial charge in [0.05, 0.1) is 21.1 Å². The van der Waals surface area contributed by atoms with Crippen LogP contribution in [0.2, 0.25) is 10.0 Å². The van der Waals surface area contributed by atoms with Gasteiger partial charge in [0.15, 0.2) is 0 Å². The number of hydrogen-bond acceptors (Lipinski definition) is 1. The molecule has 4 heteroatoms. The van der Waals surface area contributed by atoms with Crippen LogP contribution in [0.15, 0.2) is 42.5 Å². The maximum Gasteiger partial charge on any atom is 0.112 e. The number of nitrogens with zero attached hydrogens (tertiary/aromatic N) is 2. The third kappa shape index (κ3) is 2.78. The third-order valence-corrected chi connectivity index (χ3v) is 4.26. The number of hydrogen-bond donors (Lipinski definition) is 0. The van der Waals surface area contributed by atoms with Crippen LogP contribution in [0.25, 0.3) is 11.0 Å². The minimum Gasteiger partial charge on any atom is -0.323 e. The van der Waals surface area contributed by atoms with Crippen LogP contribution in [0, 0.1) is 0 Å². The number of halogens is 2. The van der Waals surface area contributed by atoms with Crippen molar-refractivity contribution in [1.82, 2.24) is 9.55 Å². The summed E-state index contributed by atoms with van der Waals surface area (Å²) in [5.41, 5.74) is 3.29. The predicted octanol–water partition coefficient (Wildman–Crippen LogP) is 5.51. The monoisotopic (exact) mass is 318 g/mol. The lowest BCUT2D eigenvalue weighted by Gasteiger charge is -2.12. The van der Waals surface area contributed by atoms with E-state index < -0.39 is 0 Å². The summed E-state index contributed by atoms with van der Waals surface area (Å²) in [5, 5.41) is 1.17. The second-order valence-electron chi connectivity index (χ2n) is 5.45. The van der Waals surface area contributed by atoms with Crippen molar-refractivity contribution in [3.8, 4) is 0 Å². The van der Waals surface area contributed by atoms with Gasteiger partial charge < -0.3 is 4.57 Å². The first-order chi connectivity index (χ1) is 10.1. The van der Waals surface area contributed by atoms with E-state index in [1.807, 2.05) is 36.4 Å². The van der Waals surface area contributed by atoms with Gasteiger partial charge in [-0.2, -0.15) is 0 Å². The highest BCUT2D eigenvalue weighted by atomic mass is 35.5. The maximum atomic E-state index is 6.12. The molecule has 108 valence electrons. The number of aromatic nitrogens is 2. The van der Waals surface area contributed by atoms with Crippen molar-refractivity contribution in [1.29, 1.82) is 0 Å². The van der Waals surface area contributed by atoms with Gasteiger partial charge >= 0.3 is 0 Å². The second kappa shape index (κ2) is 5.70. The van der Waals surface area contributed by atoms with Crippen LogP contribution in [-0.4, -0.2) is 9.55 Å². The van der Waals surface area contributed by atoms with Gasteiger partial charge in [0.1, 0.15) is 5.82 Å². The van der Waals surface area contributed by atoms with Crippen LogP contribution in [-0.2, 0) is 6.54 Å². The average Bonchev–Trinajstić information content (AvgIpc) is 2.82. The predicted molar refractivity (Wildman–Crippen MR) is 89.4 cm³/mol. The molecule has 0 atom stereocenters. The van der Waals surface area contributed by atoms with Gasteiger partial charge in [-0.1, -0.05) is 55.2 Å². The number of benzene rings is 2. The largest absolute Gasteiger partial charge is 0.323 e. The summed E-state index contributed by atoms with van der Waals surface area (Å²) in [5.74, 6) is 1.45. The fourth-order valence-electron chi connectivity index (χ4n) is 2.52. The minimum absolute atomic E-state index is 0.361. The first-order valence-corrected chi connectivity index (χ1v) is 7.71. The number of imidazole rings is 1. The number of fused-ring (bicyclic) bond motifs is 1. The molecule has 3 aromatic rings. The van der Waals surface area contributed by atoms with Gasteiger partial charge in [-0.05, 0) is 29.8 Å². The molecule has 0 aliphatic heterocycles. The normalized spacial score (nSPS) is 11.5. The van der Waals surface area contributed by atoms with E-state index in [9.17, 15) is 0 Å². The Morgan fingerprint density at radius 2 is 1.81 bits per heavy atom. The maximum absolute atomic E-state index is 6.12. The van der Waals surface area contributed by atoms with Gasteiger partial charge in [-0.15, -0.1) is 0 Å². The Hall–Kier alpha value is -1.51. The van der Waals surface area contributed by atoms with Crippen molar-refractivity contribution < 1.29 is 0 Å². The third-order valence-electron chi connectivity index (χ3n) is 3.53. The van der Waals surface area contributed by atoms with Crippen molar-refractivity contribution in [3.63, 3.8) is 0 Å². The van der Waals surface area contributed by atoms with Crippen molar-refractivity contribution in [3.05, 3.63) is 63.9 Å². The Balaban J connectivity index is 2.10. The topological polar surface area (TPSA) is 17.8 Å². The lowest BCUT2D eigenvalue weighted by atomic mass is 10.2. The fraction of sp³-hybridized carbons (Fsp3) is 0.235. The molecule has 21 heavy (non-hydrogen) atoms. The van der Waals surface area contributed by atoms with Crippen LogP contribution in [0.4, 0.5) is 0 Å². The van der Waals surface area contributed by atoms with Crippen molar-refractivity contribution in [2.24, 2.45) is 0 Å². The van der Waals surface area contributed by atoms with Crippen molar-refractivity contribution in [2.45, 2.75) is 26.3 Å². The lowest BCUT2D eigenvalue weighted by Crippen LogP contribution is -2.06. The van der Waals surface area contributed by atoms with Gasteiger partial charge in [-0.25, -0.2) is 4.98 Å². The second-order valence-corrected chi connectivity index (χ2v) is 6.26. The molecular formula is C17H16Cl2N2. The van der Waals surface area contributed by atoms with Gasteiger partial charge in [0.2, 0.25) is 0 Å². The molecule has 0 saturated carbocycles. The molecule has 0 unspecified atom stereocenters. The zero-order valence-electron chi connectivity index (χ0n) is 12.0. The summed E-state index contributed by atoms with van der Waals surface area (Å²) < 4.78 is 2.25. The summed E-state index contributed by atoms with van der Waals surface area (Å²) in [4.78, 5) is 4.75. The van der Waals surface area contributed by atoms with Crippen LogP contribution >= 0.6 is 23.2 Å². The SMILES string of the molecule is CC(C)c1nc2ccccc2n1Cc1ccc(Cl)c(Cl)c1. The molecule has 0 spiro atoms. The van der Waals surface area contributed by atoms with Crippen LogP contribution in [0.1, 0.15) is 31.2 Å². The van der Waals surface area contributed by atoms with E-state index in [1.165, 1.54) is 0 Å². The molecule has 3 rings (SSSR count). The Morgan fingerprint density at radius 3 is 2.52 bits per heavy atom. The molecule has 0 bridgehead atoms. The van der Waals surface area contributed by atoms with Gasteiger partial charge in [0.25, 0.3) is 0 Å².